The highest BCUT2D eigenvalue weighted by Gasteiger charge is 2.45. The SMILES string of the molecule is C=CNC(=O)CCC(C)N1Cc2cc3c(cc2C1=O)OCC1CN(CC2COC4(CCN(c5ccc(C6c7ccc(O)cc7CCC6c6ccccc6)c(OC)c5)CC4)C2)CCN31. The molecule has 5 heterocycles. The smallest absolute Gasteiger partial charge is 0.254 e. The van der Waals surface area contributed by atoms with Crippen molar-refractivity contribution in [2.24, 2.45) is 5.92 Å². The molecule has 0 saturated carbocycles. The van der Waals surface area contributed by atoms with Crippen molar-refractivity contribution in [1.29, 1.82) is 0 Å². The van der Waals surface area contributed by atoms with Gasteiger partial charge in [-0.05, 0) is 116 Å². The number of nitrogens with zero attached hydrogens (tertiary/aromatic N) is 4. The maximum absolute atomic E-state index is 13.5. The van der Waals surface area contributed by atoms with Crippen LogP contribution in [0, 0.1) is 5.92 Å². The fourth-order valence-corrected chi connectivity index (χ4v) is 11.8. The fraction of sp³-hybridized carbons (Fsp3) is 0.462. The number of amides is 2. The van der Waals surface area contributed by atoms with E-state index >= 15 is 0 Å². The van der Waals surface area contributed by atoms with Gasteiger partial charge in [-0.15, -0.1) is 0 Å². The summed E-state index contributed by atoms with van der Waals surface area (Å²) in [7, 11) is 1.79. The predicted octanol–water partition coefficient (Wildman–Crippen LogP) is 7.61. The number of nitrogens with one attached hydrogen (secondary N) is 1. The maximum atomic E-state index is 13.5. The average molecular weight is 852 g/mol. The summed E-state index contributed by atoms with van der Waals surface area (Å²) in [6.07, 6.45) is 7.41. The van der Waals surface area contributed by atoms with Crippen LogP contribution in [0.2, 0.25) is 0 Å². The number of aromatic hydroxyl groups is 1. The molecule has 1 aliphatic carbocycles. The molecule has 4 aromatic rings. The highest BCUT2D eigenvalue weighted by molar-refractivity contribution is 6.00. The van der Waals surface area contributed by atoms with Crippen molar-refractivity contribution < 1.29 is 28.9 Å². The average Bonchev–Trinajstić information content (AvgIpc) is 3.85. The van der Waals surface area contributed by atoms with E-state index in [9.17, 15) is 14.7 Å². The molecule has 3 saturated heterocycles. The van der Waals surface area contributed by atoms with E-state index in [0.717, 1.165) is 101 Å². The van der Waals surface area contributed by atoms with Gasteiger partial charge in [-0.2, -0.15) is 0 Å². The molecule has 5 aliphatic heterocycles. The van der Waals surface area contributed by atoms with Gasteiger partial charge in [0.25, 0.3) is 5.91 Å². The van der Waals surface area contributed by atoms with Crippen molar-refractivity contribution in [3.8, 4) is 17.2 Å². The monoisotopic (exact) mass is 851 g/mol. The lowest BCUT2D eigenvalue weighted by Gasteiger charge is -2.46. The van der Waals surface area contributed by atoms with Crippen LogP contribution in [0.1, 0.15) is 95.5 Å². The molecule has 0 bridgehead atoms. The highest BCUT2D eigenvalue weighted by Crippen LogP contribution is 2.50. The topological polar surface area (TPSA) is 107 Å². The first kappa shape index (κ1) is 41.5. The summed E-state index contributed by atoms with van der Waals surface area (Å²) < 4.78 is 19.3. The number of ether oxygens (including phenoxy) is 3. The number of anilines is 2. The quantitative estimate of drug-likeness (QED) is 0.158. The minimum Gasteiger partial charge on any atom is -0.508 e. The molecule has 2 N–H and O–H groups in total. The number of fused-ring (bicyclic) bond motifs is 5. The van der Waals surface area contributed by atoms with E-state index in [1.54, 1.807) is 7.11 Å². The van der Waals surface area contributed by atoms with Crippen LogP contribution in [0.5, 0.6) is 17.2 Å². The van der Waals surface area contributed by atoms with E-state index in [4.69, 9.17) is 14.2 Å². The summed E-state index contributed by atoms with van der Waals surface area (Å²) in [6.45, 7) is 13.3. The van der Waals surface area contributed by atoms with Gasteiger partial charge in [0.2, 0.25) is 5.91 Å². The van der Waals surface area contributed by atoms with Crippen LogP contribution < -0.4 is 24.6 Å². The van der Waals surface area contributed by atoms with Crippen molar-refractivity contribution in [3.63, 3.8) is 0 Å². The summed E-state index contributed by atoms with van der Waals surface area (Å²) in [6, 6.07) is 27.9. The number of aryl methyl sites for hydroxylation is 1. The Balaban J connectivity index is 0.749. The van der Waals surface area contributed by atoms with Crippen LogP contribution in [-0.4, -0.2) is 104 Å². The van der Waals surface area contributed by atoms with Crippen molar-refractivity contribution in [2.75, 3.05) is 69.4 Å². The lowest BCUT2D eigenvalue weighted by Crippen LogP contribution is -2.58. The first-order chi connectivity index (χ1) is 30.7. The molecule has 10 rings (SSSR count). The number of piperazine rings is 1. The number of hydrogen-bond acceptors (Lipinski definition) is 9. The number of piperidine rings is 1. The Kier molecular flexibility index (Phi) is 11.3. The summed E-state index contributed by atoms with van der Waals surface area (Å²) >= 11 is 0. The molecule has 0 aromatic heterocycles. The number of carbonyl (C=O) groups excluding carboxylic acids is 2. The Bertz CT molecular complexity index is 2360. The molecule has 3 fully saturated rings. The van der Waals surface area contributed by atoms with E-state index in [1.807, 2.05) is 30.0 Å². The third kappa shape index (κ3) is 8.03. The van der Waals surface area contributed by atoms with Gasteiger partial charge in [-0.25, -0.2) is 0 Å². The Morgan fingerprint density at radius 1 is 1.00 bits per heavy atom. The Morgan fingerprint density at radius 3 is 2.63 bits per heavy atom. The van der Waals surface area contributed by atoms with Gasteiger partial charge in [0.1, 0.15) is 23.9 Å². The number of carbonyl (C=O) groups is 2. The zero-order chi connectivity index (χ0) is 43.2. The molecule has 2 amide bonds. The standard InChI is InChI=1S/C52H61N5O6/c1-4-53-49(59)17-10-34(2)57-30-38-25-46-48(27-45(38)51(57)60)62-33-40-31-54(22-23-56(40)46)29-35-28-52(63-32-35)18-20-55(21-19-52)39-12-15-44(47(26-39)61-3)50-42(36-8-6-5-7-9-36)14-11-37-24-41(58)13-16-43(37)50/h4-9,12-13,15-16,24-27,34-35,40,42,50,58H,1,10-11,14,17-23,28-33H2,2-3H3,(H,53,59). The lowest BCUT2D eigenvalue weighted by atomic mass is 9.69. The van der Waals surface area contributed by atoms with Crippen molar-refractivity contribution in [3.05, 3.63) is 125 Å². The van der Waals surface area contributed by atoms with E-state index in [0.29, 0.717) is 49.1 Å². The summed E-state index contributed by atoms with van der Waals surface area (Å²) in [5.74, 6) is 2.92. The fourth-order valence-electron chi connectivity index (χ4n) is 11.8. The minimum absolute atomic E-state index is 0.0128. The molecule has 0 radical (unpaired) electrons. The molecule has 1 spiro atoms. The van der Waals surface area contributed by atoms with E-state index in [1.165, 1.54) is 34.1 Å². The third-order valence-corrected chi connectivity index (χ3v) is 15.1. The Hall–Kier alpha value is -5.52. The van der Waals surface area contributed by atoms with Crippen LogP contribution in [0.4, 0.5) is 11.4 Å². The zero-order valence-electron chi connectivity index (χ0n) is 36.8. The first-order valence-electron chi connectivity index (χ1n) is 23.1. The van der Waals surface area contributed by atoms with Gasteiger partial charge < -0.3 is 39.3 Å². The van der Waals surface area contributed by atoms with Crippen LogP contribution in [-0.2, 0) is 22.5 Å². The molecule has 330 valence electrons. The van der Waals surface area contributed by atoms with Gasteiger partial charge in [0.05, 0.1) is 31.0 Å². The Labute approximate surface area is 371 Å². The molecule has 5 unspecified atom stereocenters. The Morgan fingerprint density at radius 2 is 1.83 bits per heavy atom. The molecule has 11 heteroatoms. The number of benzene rings is 4. The largest absolute Gasteiger partial charge is 0.508 e. The van der Waals surface area contributed by atoms with Crippen molar-refractivity contribution in [1.82, 2.24) is 15.1 Å². The summed E-state index contributed by atoms with van der Waals surface area (Å²) in [5.41, 5.74) is 9.00. The van der Waals surface area contributed by atoms with Crippen molar-refractivity contribution in [2.45, 2.75) is 87.9 Å². The number of methoxy groups -OCH3 is 1. The number of hydrogen-bond donors (Lipinski definition) is 2. The molecule has 11 nitrogen and oxygen atoms in total. The minimum atomic E-state index is -0.0840. The van der Waals surface area contributed by atoms with E-state index in [-0.39, 0.29) is 35.4 Å². The molecule has 5 atom stereocenters. The molecular formula is C52H61N5O6. The van der Waals surface area contributed by atoms with Gasteiger partial charge in [0.15, 0.2) is 0 Å². The molecule has 63 heavy (non-hydrogen) atoms. The van der Waals surface area contributed by atoms with Gasteiger partial charge in [0, 0.05) is 87.1 Å². The van der Waals surface area contributed by atoms with Crippen molar-refractivity contribution >= 4 is 23.2 Å². The van der Waals surface area contributed by atoms with Gasteiger partial charge >= 0.3 is 0 Å². The summed E-state index contributed by atoms with van der Waals surface area (Å²) in [4.78, 5) is 35.0. The second kappa shape index (κ2) is 17.2. The molecule has 6 aliphatic rings. The normalized spacial score (nSPS) is 24.2. The van der Waals surface area contributed by atoms with E-state index < -0.39 is 0 Å². The highest BCUT2D eigenvalue weighted by atomic mass is 16.5. The van der Waals surface area contributed by atoms with E-state index in [2.05, 4.69) is 87.3 Å². The number of rotatable bonds is 11. The van der Waals surface area contributed by atoms with Crippen LogP contribution >= 0.6 is 0 Å². The first-order valence-corrected chi connectivity index (χ1v) is 23.1. The van der Waals surface area contributed by atoms with Crippen LogP contribution in [0.3, 0.4) is 0 Å². The van der Waals surface area contributed by atoms with Gasteiger partial charge in [-0.1, -0.05) is 49.0 Å². The third-order valence-electron chi connectivity index (χ3n) is 15.1. The number of phenols is 1. The second-order valence-electron chi connectivity index (χ2n) is 18.9. The molecular weight excluding hydrogens is 791 g/mol. The summed E-state index contributed by atoms with van der Waals surface area (Å²) in [5, 5.41) is 13.0. The zero-order valence-corrected chi connectivity index (χ0v) is 36.8. The predicted molar refractivity (Wildman–Crippen MR) is 245 cm³/mol. The molecule has 4 aromatic carbocycles. The maximum Gasteiger partial charge on any atom is 0.254 e. The van der Waals surface area contributed by atoms with Crippen LogP contribution in [0.25, 0.3) is 0 Å². The lowest BCUT2D eigenvalue weighted by molar-refractivity contribution is -0.120. The van der Waals surface area contributed by atoms with Gasteiger partial charge in [-0.3, -0.25) is 14.5 Å². The van der Waals surface area contributed by atoms with Crippen LogP contribution in [0.15, 0.2) is 91.6 Å². The number of phenolic OH excluding ortho intramolecular Hbond substituents is 1. The second-order valence-corrected chi connectivity index (χ2v) is 18.9.